The molecule has 0 atom stereocenters. The number of nitro benzene ring substituents is 1. The normalized spacial score (nSPS) is 10.9. The molecule has 2 heterocycles. The van der Waals surface area contributed by atoms with Crippen molar-refractivity contribution in [2.24, 2.45) is 14.1 Å². The lowest BCUT2D eigenvalue weighted by molar-refractivity contribution is -0.384. The van der Waals surface area contributed by atoms with E-state index in [1.54, 1.807) is 42.4 Å². The molecule has 0 unspecified atom stereocenters. The predicted molar refractivity (Wildman–Crippen MR) is 128 cm³/mol. The van der Waals surface area contributed by atoms with Crippen molar-refractivity contribution in [1.29, 1.82) is 0 Å². The summed E-state index contributed by atoms with van der Waals surface area (Å²) in [7, 11) is 3.47. The second-order valence-electron chi connectivity index (χ2n) is 7.45. The van der Waals surface area contributed by atoms with Crippen LogP contribution in [0.1, 0.15) is 5.69 Å². The highest BCUT2D eigenvalue weighted by Crippen LogP contribution is 2.25. The van der Waals surface area contributed by atoms with Crippen molar-refractivity contribution in [2.75, 3.05) is 11.1 Å². The van der Waals surface area contributed by atoms with Crippen LogP contribution in [0.2, 0.25) is 0 Å². The van der Waals surface area contributed by atoms with Crippen molar-refractivity contribution in [1.82, 2.24) is 24.1 Å². The molecule has 0 aliphatic carbocycles. The molecule has 2 aromatic carbocycles. The Kier molecular flexibility index (Phi) is 6.32. The minimum Gasteiger partial charge on any atom is -0.319 e. The summed E-state index contributed by atoms with van der Waals surface area (Å²) in [5.41, 5.74) is 1.71. The number of aromatic nitrogens is 5. The Morgan fingerprint density at radius 3 is 2.56 bits per heavy atom. The van der Waals surface area contributed by atoms with Crippen LogP contribution in [0.15, 0.2) is 64.5 Å². The Morgan fingerprint density at radius 1 is 1.12 bits per heavy atom. The maximum Gasteiger partial charge on any atom is 0.295 e. The van der Waals surface area contributed by atoms with Gasteiger partial charge in [-0.25, -0.2) is 4.68 Å². The SMILES string of the molecule is Cc1c(NC(=O)CSc2nnc(-c3cccc([N+](=O)[O-])c3)n2C)c(=O)n(-c2ccccc2)n1C. The van der Waals surface area contributed by atoms with Gasteiger partial charge in [0.2, 0.25) is 5.91 Å². The second kappa shape index (κ2) is 9.35. The average molecular weight is 480 g/mol. The quantitative estimate of drug-likeness (QED) is 0.245. The van der Waals surface area contributed by atoms with E-state index in [2.05, 4.69) is 15.5 Å². The van der Waals surface area contributed by atoms with Crippen molar-refractivity contribution in [3.63, 3.8) is 0 Å². The van der Waals surface area contributed by atoms with Gasteiger partial charge in [-0.05, 0) is 19.1 Å². The summed E-state index contributed by atoms with van der Waals surface area (Å²) in [5.74, 6) is 0.0761. The van der Waals surface area contributed by atoms with Crippen LogP contribution in [0.25, 0.3) is 17.1 Å². The minimum absolute atomic E-state index is 0.0000219. The van der Waals surface area contributed by atoms with Crippen molar-refractivity contribution in [3.8, 4) is 17.1 Å². The first-order chi connectivity index (χ1) is 16.3. The fourth-order valence-electron chi connectivity index (χ4n) is 3.47. The number of nitro groups is 1. The molecule has 0 bridgehead atoms. The molecule has 1 N–H and O–H groups in total. The topological polar surface area (TPSA) is 130 Å². The van der Waals surface area contributed by atoms with Crippen molar-refractivity contribution >= 4 is 29.0 Å². The maximum absolute atomic E-state index is 13.0. The number of nitrogens with zero attached hydrogens (tertiary/aromatic N) is 6. The lowest BCUT2D eigenvalue weighted by atomic mass is 10.2. The smallest absolute Gasteiger partial charge is 0.295 e. The number of rotatable bonds is 7. The fraction of sp³-hybridized carbons (Fsp3) is 0.182. The van der Waals surface area contributed by atoms with Gasteiger partial charge in [0, 0.05) is 31.8 Å². The summed E-state index contributed by atoms with van der Waals surface area (Å²) in [6.07, 6.45) is 0. The Hall–Kier alpha value is -4.19. The summed E-state index contributed by atoms with van der Waals surface area (Å²) in [5, 5.41) is 22.4. The van der Waals surface area contributed by atoms with Gasteiger partial charge in [0.1, 0.15) is 5.69 Å². The Balaban J connectivity index is 1.48. The summed E-state index contributed by atoms with van der Waals surface area (Å²) in [4.78, 5) is 36.2. The van der Waals surface area contributed by atoms with E-state index in [0.29, 0.717) is 27.9 Å². The molecule has 0 fully saturated rings. The molecule has 2 aromatic heterocycles. The van der Waals surface area contributed by atoms with E-state index in [1.165, 1.54) is 16.8 Å². The highest BCUT2D eigenvalue weighted by molar-refractivity contribution is 7.99. The molecule has 12 heteroatoms. The van der Waals surface area contributed by atoms with Gasteiger partial charge in [-0.3, -0.25) is 24.4 Å². The third-order valence-electron chi connectivity index (χ3n) is 5.30. The molecule has 174 valence electrons. The van der Waals surface area contributed by atoms with Gasteiger partial charge in [0.25, 0.3) is 11.2 Å². The van der Waals surface area contributed by atoms with Crippen molar-refractivity contribution in [3.05, 3.63) is 80.8 Å². The number of benzene rings is 2. The molecule has 4 rings (SSSR count). The standard InChI is InChI=1S/C22H21N7O4S/c1-14-19(21(31)28(27(14)3)16-9-5-4-6-10-16)23-18(30)13-34-22-25-24-20(26(22)2)15-8-7-11-17(12-15)29(32)33/h4-12H,13H2,1-3H3,(H,23,30). The molecule has 0 radical (unpaired) electrons. The van der Waals surface area contributed by atoms with E-state index >= 15 is 0 Å². The molecule has 34 heavy (non-hydrogen) atoms. The molecule has 0 aliphatic rings. The van der Waals surface area contributed by atoms with Crippen molar-refractivity contribution < 1.29 is 9.72 Å². The van der Waals surface area contributed by atoms with Gasteiger partial charge in [-0.2, -0.15) is 0 Å². The van der Waals surface area contributed by atoms with Crippen LogP contribution in [0.5, 0.6) is 0 Å². The van der Waals surface area contributed by atoms with E-state index < -0.39 is 4.92 Å². The molecule has 11 nitrogen and oxygen atoms in total. The second-order valence-corrected chi connectivity index (χ2v) is 8.39. The number of para-hydroxylation sites is 1. The summed E-state index contributed by atoms with van der Waals surface area (Å²) in [6.45, 7) is 1.76. The zero-order valence-electron chi connectivity index (χ0n) is 18.6. The van der Waals surface area contributed by atoms with Gasteiger partial charge in [0.15, 0.2) is 11.0 Å². The van der Waals surface area contributed by atoms with Crippen LogP contribution >= 0.6 is 11.8 Å². The Bertz CT molecular complexity index is 1440. The van der Waals surface area contributed by atoms with Crippen molar-refractivity contribution in [2.45, 2.75) is 12.1 Å². The van der Waals surface area contributed by atoms with E-state index in [9.17, 15) is 19.7 Å². The zero-order valence-corrected chi connectivity index (χ0v) is 19.4. The van der Waals surface area contributed by atoms with Gasteiger partial charge in [-0.15, -0.1) is 10.2 Å². The minimum atomic E-state index is -0.475. The van der Waals surface area contributed by atoms with Crippen LogP contribution in [0.4, 0.5) is 11.4 Å². The van der Waals surface area contributed by atoms with E-state index in [0.717, 1.165) is 11.8 Å². The lowest BCUT2D eigenvalue weighted by Gasteiger charge is -2.07. The molecule has 0 aliphatic heterocycles. The molecule has 0 spiro atoms. The number of nitrogens with one attached hydrogen (secondary N) is 1. The van der Waals surface area contributed by atoms with Crippen LogP contribution in [0.3, 0.4) is 0 Å². The first kappa shape index (κ1) is 23.0. The number of non-ortho nitro benzene ring substituents is 1. The predicted octanol–water partition coefficient (Wildman–Crippen LogP) is 2.92. The number of amides is 1. The highest BCUT2D eigenvalue weighted by atomic mass is 32.2. The van der Waals surface area contributed by atoms with E-state index in [4.69, 9.17) is 0 Å². The third-order valence-corrected chi connectivity index (χ3v) is 6.32. The van der Waals surface area contributed by atoms with Crippen LogP contribution in [-0.4, -0.2) is 40.7 Å². The molecule has 1 amide bonds. The molecular weight excluding hydrogens is 458 g/mol. The van der Waals surface area contributed by atoms with E-state index in [-0.39, 0.29) is 28.6 Å². The van der Waals surface area contributed by atoms with Crippen LogP contribution < -0.4 is 10.9 Å². The first-order valence-electron chi connectivity index (χ1n) is 10.2. The maximum atomic E-state index is 13.0. The monoisotopic (exact) mass is 479 g/mol. The van der Waals surface area contributed by atoms with Crippen LogP contribution in [-0.2, 0) is 18.9 Å². The number of carbonyl (C=O) groups is 1. The molecule has 0 saturated heterocycles. The van der Waals surface area contributed by atoms with Gasteiger partial charge >= 0.3 is 0 Å². The van der Waals surface area contributed by atoms with E-state index in [1.807, 2.05) is 30.3 Å². The third kappa shape index (κ3) is 4.35. The van der Waals surface area contributed by atoms with Crippen LogP contribution in [0, 0.1) is 17.0 Å². The molecule has 0 saturated carbocycles. The summed E-state index contributed by atoms with van der Waals surface area (Å²) >= 11 is 1.15. The number of thioether (sulfide) groups is 1. The fourth-order valence-corrected chi connectivity index (χ4v) is 4.18. The Labute approximate surface area is 198 Å². The molecule has 4 aromatic rings. The number of carbonyl (C=O) groups excluding carboxylic acids is 1. The number of hydrogen-bond acceptors (Lipinski definition) is 7. The number of hydrogen-bond donors (Lipinski definition) is 1. The van der Waals surface area contributed by atoms with Gasteiger partial charge in [-0.1, -0.05) is 42.1 Å². The Morgan fingerprint density at radius 2 is 1.85 bits per heavy atom. The highest BCUT2D eigenvalue weighted by Gasteiger charge is 2.19. The average Bonchev–Trinajstić information content (AvgIpc) is 3.30. The van der Waals surface area contributed by atoms with Gasteiger partial charge < -0.3 is 9.88 Å². The summed E-state index contributed by atoms with van der Waals surface area (Å²) < 4.78 is 4.84. The summed E-state index contributed by atoms with van der Waals surface area (Å²) in [6, 6.07) is 15.3. The lowest BCUT2D eigenvalue weighted by Crippen LogP contribution is -2.23. The number of anilines is 1. The zero-order chi connectivity index (χ0) is 24.4. The largest absolute Gasteiger partial charge is 0.319 e. The van der Waals surface area contributed by atoms with Gasteiger partial charge in [0.05, 0.1) is 22.1 Å². The first-order valence-corrected chi connectivity index (χ1v) is 11.2. The molecular formula is C22H21N7O4S.